The number of nitro benzene ring substituents is 1. The Labute approximate surface area is 120 Å². The molecule has 2 aliphatic rings. The lowest BCUT2D eigenvalue weighted by Crippen LogP contribution is -2.24. The Hall–Kier alpha value is -1.10. The maximum atomic E-state index is 10.9. The van der Waals surface area contributed by atoms with Gasteiger partial charge in [-0.1, -0.05) is 0 Å². The van der Waals surface area contributed by atoms with Gasteiger partial charge in [-0.3, -0.25) is 10.1 Å². The van der Waals surface area contributed by atoms with Gasteiger partial charge in [-0.25, -0.2) is 0 Å². The lowest BCUT2D eigenvalue weighted by atomic mass is 10.1. The molecule has 0 heterocycles. The highest BCUT2D eigenvalue weighted by Crippen LogP contribution is 2.46. The molecule has 19 heavy (non-hydrogen) atoms. The van der Waals surface area contributed by atoms with Gasteiger partial charge in [0.05, 0.1) is 4.92 Å². The van der Waals surface area contributed by atoms with Crippen molar-refractivity contribution in [1.82, 2.24) is 0 Å². The molecule has 3 rings (SSSR count). The Morgan fingerprint density at radius 2 is 1.89 bits per heavy atom. The number of anilines is 1. The molecule has 0 radical (unpaired) electrons. The summed E-state index contributed by atoms with van der Waals surface area (Å²) in [5, 5.41) is 14.5. The molecule has 4 nitrogen and oxygen atoms in total. The average molecular weight is 325 g/mol. The number of nitrogens with one attached hydrogen (secondary N) is 1. The van der Waals surface area contributed by atoms with Crippen LogP contribution >= 0.6 is 15.9 Å². The molecular weight excluding hydrogens is 308 g/mol. The molecule has 1 aromatic carbocycles. The molecule has 0 saturated heterocycles. The molecule has 0 aliphatic heterocycles. The first-order valence-electron chi connectivity index (χ1n) is 6.77. The molecule has 2 aliphatic carbocycles. The van der Waals surface area contributed by atoms with Crippen LogP contribution in [0.1, 0.15) is 31.2 Å². The van der Waals surface area contributed by atoms with E-state index in [-0.39, 0.29) is 10.6 Å². The van der Waals surface area contributed by atoms with Crippen molar-refractivity contribution in [3.05, 3.63) is 32.3 Å². The molecule has 1 N–H and O–H groups in total. The number of benzene rings is 1. The molecule has 0 spiro atoms. The van der Waals surface area contributed by atoms with Crippen molar-refractivity contribution in [2.24, 2.45) is 11.8 Å². The zero-order valence-electron chi connectivity index (χ0n) is 10.9. The predicted molar refractivity (Wildman–Crippen MR) is 78.4 cm³/mol. The molecule has 5 heteroatoms. The van der Waals surface area contributed by atoms with Gasteiger partial charge >= 0.3 is 0 Å². The second-order valence-electron chi connectivity index (χ2n) is 5.72. The average Bonchev–Trinajstić information content (AvgIpc) is 3.22. The maximum absolute atomic E-state index is 10.9. The second-order valence-corrected chi connectivity index (χ2v) is 6.57. The van der Waals surface area contributed by atoms with Gasteiger partial charge in [-0.2, -0.15) is 0 Å². The fraction of sp³-hybridized carbons (Fsp3) is 0.571. The summed E-state index contributed by atoms with van der Waals surface area (Å²) in [6.45, 7) is 1.79. The molecule has 0 amide bonds. The molecule has 0 aromatic heterocycles. The largest absolute Gasteiger partial charge is 0.381 e. The number of hydrogen-bond donors (Lipinski definition) is 1. The standard InChI is InChI=1S/C14H17BrN2O2/c1-8-6-12(11(15)7-13(8)17(18)19)16-14(9-2-3-9)10-4-5-10/h6-7,9-10,14,16H,2-5H2,1H3. The van der Waals surface area contributed by atoms with Crippen molar-refractivity contribution in [2.75, 3.05) is 5.32 Å². The highest BCUT2D eigenvalue weighted by atomic mass is 79.9. The first-order chi connectivity index (χ1) is 9.06. The lowest BCUT2D eigenvalue weighted by molar-refractivity contribution is -0.385. The summed E-state index contributed by atoms with van der Waals surface area (Å²) >= 11 is 3.45. The van der Waals surface area contributed by atoms with E-state index in [1.165, 1.54) is 25.7 Å². The van der Waals surface area contributed by atoms with E-state index in [0.29, 0.717) is 11.6 Å². The summed E-state index contributed by atoms with van der Waals surface area (Å²) in [5.41, 5.74) is 1.87. The van der Waals surface area contributed by atoms with Crippen LogP contribution in [0.4, 0.5) is 11.4 Å². The van der Waals surface area contributed by atoms with Crippen molar-refractivity contribution < 1.29 is 4.92 Å². The van der Waals surface area contributed by atoms with Gasteiger partial charge in [0.2, 0.25) is 0 Å². The summed E-state index contributed by atoms with van der Waals surface area (Å²) in [7, 11) is 0. The fourth-order valence-electron chi connectivity index (χ4n) is 2.69. The van der Waals surface area contributed by atoms with Gasteiger partial charge in [0.15, 0.2) is 0 Å². The van der Waals surface area contributed by atoms with E-state index in [1.54, 1.807) is 13.0 Å². The van der Waals surface area contributed by atoms with E-state index in [4.69, 9.17) is 0 Å². The smallest absolute Gasteiger partial charge is 0.273 e. The SMILES string of the molecule is Cc1cc(NC(C2CC2)C2CC2)c(Br)cc1[N+](=O)[O-]. The van der Waals surface area contributed by atoms with Gasteiger partial charge < -0.3 is 5.32 Å². The normalized spacial score (nSPS) is 18.7. The summed E-state index contributed by atoms with van der Waals surface area (Å²) in [6.07, 6.45) is 5.27. The Morgan fingerprint density at radius 3 is 2.37 bits per heavy atom. The van der Waals surface area contributed by atoms with Crippen LogP contribution in [0.2, 0.25) is 0 Å². The summed E-state index contributed by atoms with van der Waals surface area (Å²) < 4.78 is 0.788. The van der Waals surface area contributed by atoms with Crippen molar-refractivity contribution in [3.63, 3.8) is 0 Å². The minimum atomic E-state index is -0.330. The van der Waals surface area contributed by atoms with Gasteiger partial charge in [0.1, 0.15) is 0 Å². The van der Waals surface area contributed by atoms with E-state index in [1.807, 2.05) is 6.07 Å². The van der Waals surface area contributed by atoms with Crippen molar-refractivity contribution in [1.29, 1.82) is 0 Å². The molecular formula is C14H17BrN2O2. The van der Waals surface area contributed by atoms with Gasteiger partial charge in [-0.15, -0.1) is 0 Å². The van der Waals surface area contributed by atoms with Crippen molar-refractivity contribution in [3.8, 4) is 0 Å². The van der Waals surface area contributed by atoms with Crippen molar-refractivity contribution >= 4 is 27.3 Å². The zero-order valence-corrected chi connectivity index (χ0v) is 12.4. The lowest BCUT2D eigenvalue weighted by Gasteiger charge is -2.20. The molecule has 0 unspecified atom stereocenters. The van der Waals surface area contributed by atoms with Crippen LogP contribution in [-0.4, -0.2) is 11.0 Å². The number of aryl methyl sites for hydroxylation is 1. The van der Waals surface area contributed by atoms with E-state index in [9.17, 15) is 10.1 Å². The van der Waals surface area contributed by atoms with Crippen LogP contribution in [0.25, 0.3) is 0 Å². The Bertz CT molecular complexity index is 512. The van der Waals surface area contributed by atoms with Gasteiger partial charge in [0, 0.05) is 27.8 Å². The predicted octanol–water partition coefficient (Wildman–Crippen LogP) is 4.27. The molecule has 102 valence electrons. The third-order valence-corrected chi connectivity index (χ3v) is 4.72. The fourth-order valence-corrected chi connectivity index (χ4v) is 3.13. The maximum Gasteiger partial charge on any atom is 0.273 e. The minimum Gasteiger partial charge on any atom is -0.381 e. The number of hydrogen-bond acceptors (Lipinski definition) is 3. The Kier molecular flexibility index (Phi) is 3.25. The molecule has 0 atom stereocenters. The zero-order chi connectivity index (χ0) is 13.6. The quantitative estimate of drug-likeness (QED) is 0.650. The number of nitro groups is 1. The van der Waals surface area contributed by atoms with Crippen LogP contribution < -0.4 is 5.32 Å². The van der Waals surface area contributed by atoms with Gasteiger partial charge in [-0.05, 0) is 66.4 Å². The monoisotopic (exact) mass is 324 g/mol. The number of rotatable bonds is 5. The Morgan fingerprint density at radius 1 is 1.32 bits per heavy atom. The third-order valence-electron chi connectivity index (χ3n) is 4.06. The van der Waals surface area contributed by atoms with E-state index in [0.717, 1.165) is 22.0 Å². The highest BCUT2D eigenvalue weighted by Gasteiger charge is 2.41. The highest BCUT2D eigenvalue weighted by molar-refractivity contribution is 9.10. The van der Waals surface area contributed by atoms with E-state index >= 15 is 0 Å². The first-order valence-corrected chi connectivity index (χ1v) is 7.56. The van der Waals surface area contributed by atoms with Crippen LogP contribution in [0.3, 0.4) is 0 Å². The van der Waals surface area contributed by atoms with E-state index < -0.39 is 0 Å². The molecule has 2 fully saturated rings. The second kappa shape index (κ2) is 4.78. The van der Waals surface area contributed by atoms with Crippen LogP contribution in [0, 0.1) is 28.9 Å². The summed E-state index contributed by atoms with van der Waals surface area (Å²) in [6, 6.07) is 4.05. The molecule has 1 aromatic rings. The molecule has 2 saturated carbocycles. The Balaban J connectivity index is 1.83. The summed E-state index contributed by atoms with van der Waals surface area (Å²) in [4.78, 5) is 10.6. The topological polar surface area (TPSA) is 55.2 Å². The molecule has 0 bridgehead atoms. The third kappa shape index (κ3) is 2.76. The van der Waals surface area contributed by atoms with Crippen LogP contribution in [-0.2, 0) is 0 Å². The number of halogens is 1. The van der Waals surface area contributed by atoms with E-state index in [2.05, 4.69) is 21.2 Å². The van der Waals surface area contributed by atoms with Gasteiger partial charge in [0.25, 0.3) is 5.69 Å². The first kappa shape index (κ1) is 12.9. The van der Waals surface area contributed by atoms with Crippen LogP contribution in [0.15, 0.2) is 16.6 Å². The van der Waals surface area contributed by atoms with Crippen molar-refractivity contribution in [2.45, 2.75) is 38.6 Å². The van der Waals surface area contributed by atoms with Crippen LogP contribution in [0.5, 0.6) is 0 Å². The minimum absolute atomic E-state index is 0.173. The summed E-state index contributed by atoms with van der Waals surface area (Å²) in [5.74, 6) is 1.60. The number of nitrogens with zero attached hydrogens (tertiary/aromatic N) is 1.